The van der Waals surface area contributed by atoms with Crippen molar-refractivity contribution in [2.75, 3.05) is 19.0 Å². The van der Waals surface area contributed by atoms with Gasteiger partial charge < -0.3 is 10.1 Å². The predicted molar refractivity (Wildman–Crippen MR) is 107 cm³/mol. The molecule has 0 amide bonds. The molecule has 0 radical (unpaired) electrons. The Morgan fingerprint density at radius 3 is 2.42 bits per heavy atom. The molecule has 3 rings (SSSR count). The van der Waals surface area contributed by atoms with Gasteiger partial charge in [0.05, 0.1) is 7.11 Å². The van der Waals surface area contributed by atoms with Crippen molar-refractivity contribution in [3.05, 3.63) is 94.5 Å². The van der Waals surface area contributed by atoms with E-state index in [1.807, 2.05) is 60.7 Å². The van der Waals surface area contributed by atoms with Crippen LogP contribution >= 0.6 is 11.6 Å². The highest BCUT2D eigenvalue weighted by molar-refractivity contribution is 6.31. The lowest BCUT2D eigenvalue weighted by atomic mass is 10.0. The van der Waals surface area contributed by atoms with Crippen LogP contribution in [0.3, 0.4) is 0 Å². The van der Waals surface area contributed by atoms with Gasteiger partial charge in [0.2, 0.25) is 0 Å². The lowest BCUT2D eigenvalue weighted by Crippen LogP contribution is -2.10. The first-order chi connectivity index (χ1) is 12.7. The molecule has 0 saturated heterocycles. The summed E-state index contributed by atoms with van der Waals surface area (Å²) >= 11 is 6.11. The quantitative estimate of drug-likeness (QED) is 0.582. The third-order valence-electron chi connectivity index (χ3n) is 4.15. The summed E-state index contributed by atoms with van der Waals surface area (Å²) in [6, 6.07) is 22.6. The van der Waals surface area contributed by atoms with Crippen LogP contribution < -0.4 is 10.1 Å². The topological polar surface area (TPSA) is 38.3 Å². The summed E-state index contributed by atoms with van der Waals surface area (Å²) in [5.74, 6) is 0.801. The smallest absolute Gasteiger partial charge is 0.195 e. The number of rotatable bonds is 7. The summed E-state index contributed by atoms with van der Waals surface area (Å²) < 4.78 is 5.17. The lowest BCUT2D eigenvalue weighted by molar-refractivity contribution is 0.103. The van der Waals surface area contributed by atoms with Gasteiger partial charge in [0.15, 0.2) is 5.78 Å². The summed E-state index contributed by atoms with van der Waals surface area (Å²) in [7, 11) is 1.66. The van der Waals surface area contributed by atoms with Crippen molar-refractivity contribution in [2.45, 2.75) is 6.42 Å². The molecule has 0 fully saturated rings. The average molecular weight is 366 g/mol. The Bertz CT molecular complexity index is 876. The molecule has 3 aromatic carbocycles. The Hall–Kier alpha value is -2.78. The number of carbonyl (C=O) groups excluding carboxylic acids is 1. The number of carbonyl (C=O) groups is 1. The maximum absolute atomic E-state index is 12.8. The fourth-order valence-corrected chi connectivity index (χ4v) is 2.91. The van der Waals surface area contributed by atoms with Gasteiger partial charge in [-0.3, -0.25) is 4.79 Å². The van der Waals surface area contributed by atoms with E-state index in [9.17, 15) is 4.79 Å². The number of ether oxygens (including phenoxy) is 1. The first kappa shape index (κ1) is 18.0. The summed E-state index contributed by atoms with van der Waals surface area (Å²) in [6.07, 6.45) is 0.839. The summed E-state index contributed by atoms with van der Waals surface area (Å²) in [5.41, 5.74) is 3.21. The molecule has 0 aromatic heterocycles. The van der Waals surface area contributed by atoms with E-state index in [2.05, 4.69) is 5.32 Å². The highest BCUT2D eigenvalue weighted by atomic mass is 35.5. The molecule has 4 heteroatoms. The minimum Gasteiger partial charge on any atom is -0.497 e. The lowest BCUT2D eigenvalue weighted by Gasteiger charge is -2.12. The summed E-state index contributed by atoms with van der Waals surface area (Å²) in [4.78, 5) is 12.8. The number of anilines is 1. The first-order valence-corrected chi connectivity index (χ1v) is 8.81. The molecule has 1 N–H and O–H groups in total. The first-order valence-electron chi connectivity index (χ1n) is 8.43. The Morgan fingerprint density at radius 2 is 1.73 bits per heavy atom. The van der Waals surface area contributed by atoms with Crippen LogP contribution in [0.25, 0.3) is 0 Å². The van der Waals surface area contributed by atoms with E-state index in [0.29, 0.717) is 22.7 Å². The van der Waals surface area contributed by atoms with Gasteiger partial charge in [0, 0.05) is 28.4 Å². The standard InChI is InChI=1S/C22H20ClNO2/c1-26-19-10-7-16(8-11-19)13-14-24-21-12-9-18(23)15-20(21)22(25)17-5-3-2-4-6-17/h2-12,15,24H,13-14H2,1H3. The van der Waals surface area contributed by atoms with Gasteiger partial charge in [-0.2, -0.15) is 0 Å². The molecule has 0 spiro atoms. The van der Waals surface area contributed by atoms with Crippen molar-refractivity contribution in [1.82, 2.24) is 0 Å². The average Bonchev–Trinajstić information content (AvgIpc) is 2.69. The molecule has 132 valence electrons. The van der Waals surface area contributed by atoms with Crippen molar-refractivity contribution in [3.63, 3.8) is 0 Å². The zero-order valence-electron chi connectivity index (χ0n) is 14.5. The molecule has 0 saturated carbocycles. The zero-order chi connectivity index (χ0) is 18.4. The molecular weight excluding hydrogens is 346 g/mol. The van der Waals surface area contributed by atoms with Crippen LogP contribution in [-0.4, -0.2) is 19.4 Å². The van der Waals surface area contributed by atoms with E-state index in [4.69, 9.17) is 16.3 Å². The van der Waals surface area contributed by atoms with E-state index in [-0.39, 0.29) is 5.78 Å². The van der Waals surface area contributed by atoms with Gasteiger partial charge >= 0.3 is 0 Å². The number of methoxy groups -OCH3 is 1. The van der Waals surface area contributed by atoms with Crippen LogP contribution in [0.2, 0.25) is 5.02 Å². The zero-order valence-corrected chi connectivity index (χ0v) is 15.3. The van der Waals surface area contributed by atoms with E-state index in [1.54, 1.807) is 19.2 Å². The largest absolute Gasteiger partial charge is 0.497 e. The summed E-state index contributed by atoms with van der Waals surface area (Å²) in [5, 5.41) is 3.90. The Kier molecular flexibility index (Phi) is 5.92. The number of nitrogens with one attached hydrogen (secondary N) is 1. The van der Waals surface area contributed by atoms with Crippen LogP contribution in [0.4, 0.5) is 5.69 Å². The number of hydrogen-bond acceptors (Lipinski definition) is 3. The number of ketones is 1. The summed E-state index contributed by atoms with van der Waals surface area (Å²) in [6.45, 7) is 0.711. The molecule has 26 heavy (non-hydrogen) atoms. The fourth-order valence-electron chi connectivity index (χ4n) is 2.74. The van der Waals surface area contributed by atoms with Crippen molar-refractivity contribution < 1.29 is 9.53 Å². The Balaban J connectivity index is 1.72. The normalized spacial score (nSPS) is 10.4. The van der Waals surface area contributed by atoms with Crippen LogP contribution in [0.5, 0.6) is 5.75 Å². The second-order valence-electron chi connectivity index (χ2n) is 5.91. The van der Waals surface area contributed by atoms with Gasteiger partial charge in [-0.1, -0.05) is 54.1 Å². The molecular formula is C22H20ClNO2. The molecule has 0 atom stereocenters. The van der Waals surface area contributed by atoms with Gasteiger partial charge in [-0.25, -0.2) is 0 Å². The molecule has 0 aliphatic rings. The molecule has 3 nitrogen and oxygen atoms in total. The highest BCUT2D eigenvalue weighted by Crippen LogP contribution is 2.24. The van der Waals surface area contributed by atoms with E-state index in [1.165, 1.54) is 5.56 Å². The fraction of sp³-hybridized carbons (Fsp3) is 0.136. The second-order valence-corrected chi connectivity index (χ2v) is 6.35. The molecule has 0 aliphatic heterocycles. The Morgan fingerprint density at radius 1 is 1.00 bits per heavy atom. The van der Waals surface area contributed by atoms with Gasteiger partial charge in [0.25, 0.3) is 0 Å². The monoisotopic (exact) mass is 365 g/mol. The van der Waals surface area contributed by atoms with Crippen LogP contribution in [0.1, 0.15) is 21.5 Å². The molecule has 3 aromatic rings. The SMILES string of the molecule is COc1ccc(CCNc2ccc(Cl)cc2C(=O)c2ccccc2)cc1. The van der Waals surface area contributed by atoms with Crippen LogP contribution in [-0.2, 0) is 6.42 Å². The van der Waals surface area contributed by atoms with Gasteiger partial charge in [-0.05, 0) is 42.3 Å². The minimum atomic E-state index is -0.0416. The maximum Gasteiger partial charge on any atom is 0.195 e. The molecule has 0 unspecified atom stereocenters. The third-order valence-corrected chi connectivity index (χ3v) is 4.39. The van der Waals surface area contributed by atoms with Crippen molar-refractivity contribution in [1.29, 1.82) is 0 Å². The highest BCUT2D eigenvalue weighted by Gasteiger charge is 2.14. The number of hydrogen-bond donors (Lipinski definition) is 1. The predicted octanol–water partition coefficient (Wildman–Crippen LogP) is 5.23. The number of benzene rings is 3. The second kappa shape index (κ2) is 8.54. The van der Waals surface area contributed by atoms with Crippen molar-refractivity contribution >= 4 is 23.1 Å². The van der Waals surface area contributed by atoms with E-state index < -0.39 is 0 Å². The van der Waals surface area contributed by atoms with Crippen LogP contribution in [0.15, 0.2) is 72.8 Å². The van der Waals surface area contributed by atoms with Gasteiger partial charge in [-0.15, -0.1) is 0 Å². The minimum absolute atomic E-state index is 0.0416. The molecule has 0 heterocycles. The van der Waals surface area contributed by atoms with E-state index in [0.717, 1.165) is 17.9 Å². The molecule has 0 aliphatic carbocycles. The van der Waals surface area contributed by atoms with Gasteiger partial charge in [0.1, 0.15) is 5.75 Å². The van der Waals surface area contributed by atoms with Crippen LogP contribution in [0, 0.1) is 0 Å². The van der Waals surface area contributed by atoms with Crippen molar-refractivity contribution in [2.24, 2.45) is 0 Å². The molecule has 0 bridgehead atoms. The number of halogens is 1. The third kappa shape index (κ3) is 4.44. The Labute approximate surface area is 158 Å². The van der Waals surface area contributed by atoms with Crippen molar-refractivity contribution in [3.8, 4) is 5.75 Å². The maximum atomic E-state index is 12.8. The van der Waals surface area contributed by atoms with E-state index >= 15 is 0 Å².